The summed E-state index contributed by atoms with van der Waals surface area (Å²) in [6.45, 7) is 5.50. The first kappa shape index (κ1) is 22.3. The molecule has 2 aliphatic rings. The summed E-state index contributed by atoms with van der Waals surface area (Å²) >= 11 is 0. The summed E-state index contributed by atoms with van der Waals surface area (Å²) in [5, 5.41) is 3.47. The maximum atomic E-state index is 12.5. The first-order valence-electron chi connectivity index (χ1n) is 12.1. The summed E-state index contributed by atoms with van der Waals surface area (Å²) in [7, 11) is 0. The van der Waals surface area contributed by atoms with Gasteiger partial charge in [-0.25, -0.2) is 0 Å². The average Bonchev–Trinajstić information content (AvgIpc) is 2.91. The summed E-state index contributed by atoms with van der Waals surface area (Å²) in [6, 6.07) is 15.8. The van der Waals surface area contributed by atoms with Gasteiger partial charge in [0, 0.05) is 72.7 Å². The zero-order valence-electron chi connectivity index (χ0n) is 20.1. The molecule has 5 heterocycles. The number of nitrogens with one attached hydrogen (secondary N) is 2. The zero-order valence-corrected chi connectivity index (χ0v) is 20.1. The van der Waals surface area contributed by atoms with Crippen LogP contribution in [-0.4, -0.2) is 41.3 Å². The van der Waals surface area contributed by atoms with E-state index in [1.807, 2.05) is 43.5 Å². The van der Waals surface area contributed by atoms with Crippen molar-refractivity contribution >= 4 is 11.4 Å². The van der Waals surface area contributed by atoms with Crippen LogP contribution >= 0.6 is 0 Å². The number of morpholine rings is 1. The number of H-pyrrole nitrogens is 1. The average molecular weight is 482 g/mol. The largest absolute Gasteiger partial charge is 0.454 e. The van der Waals surface area contributed by atoms with E-state index in [0.717, 1.165) is 59.0 Å². The van der Waals surface area contributed by atoms with E-state index < -0.39 is 0 Å². The predicted molar refractivity (Wildman–Crippen MR) is 139 cm³/mol. The third-order valence-corrected chi connectivity index (χ3v) is 6.57. The van der Waals surface area contributed by atoms with Gasteiger partial charge in [0.25, 0.3) is 5.56 Å². The van der Waals surface area contributed by atoms with Gasteiger partial charge in [0.05, 0.1) is 18.9 Å². The first-order chi connectivity index (χ1) is 17.6. The van der Waals surface area contributed by atoms with Crippen LogP contribution in [0.2, 0.25) is 0 Å². The highest BCUT2D eigenvalue weighted by Gasteiger charge is 2.23. The van der Waals surface area contributed by atoms with Gasteiger partial charge in [-0.2, -0.15) is 0 Å². The first-order valence-corrected chi connectivity index (χ1v) is 12.1. The monoisotopic (exact) mass is 481 g/mol. The molecular formula is C28H27N5O3. The number of ether oxygens (including phenoxy) is 2. The van der Waals surface area contributed by atoms with Crippen molar-refractivity contribution in [1.82, 2.24) is 15.0 Å². The van der Waals surface area contributed by atoms with Crippen LogP contribution in [0, 0.1) is 6.92 Å². The van der Waals surface area contributed by atoms with Gasteiger partial charge in [-0.1, -0.05) is 6.07 Å². The van der Waals surface area contributed by atoms with Crippen molar-refractivity contribution in [3.8, 4) is 22.9 Å². The number of anilines is 2. The van der Waals surface area contributed by atoms with Crippen LogP contribution in [0.3, 0.4) is 0 Å². The molecular weight excluding hydrogens is 454 g/mol. The molecule has 1 fully saturated rings. The molecule has 0 spiro atoms. The summed E-state index contributed by atoms with van der Waals surface area (Å²) in [5.74, 6) is 1.48. The second-order valence-electron chi connectivity index (χ2n) is 9.13. The van der Waals surface area contributed by atoms with Gasteiger partial charge < -0.3 is 24.7 Å². The Balaban J connectivity index is 1.26. The molecule has 0 unspecified atom stereocenters. The molecule has 4 aromatic rings. The molecule has 8 heteroatoms. The van der Waals surface area contributed by atoms with E-state index in [-0.39, 0.29) is 5.56 Å². The lowest BCUT2D eigenvalue weighted by Crippen LogP contribution is -2.36. The van der Waals surface area contributed by atoms with E-state index >= 15 is 0 Å². The van der Waals surface area contributed by atoms with Crippen LogP contribution < -0.4 is 20.5 Å². The minimum Gasteiger partial charge on any atom is -0.454 e. The van der Waals surface area contributed by atoms with Gasteiger partial charge in [0.2, 0.25) is 0 Å². The zero-order chi connectivity index (χ0) is 24.5. The Morgan fingerprint density at radius 3 is 2.75 bits per heavy atom. The Morgan fingerprint density at radius 1 is 1.03 bits per heavy atom. The highest BCUT2D eigenvalue weighted by atomic mass is 16.5. The number of hydrogen-bond acceptors (Lipinski definition) is 7. The third kappa shape index (κ3) is 4.55. The highest BCUT2D eigenvalue weighted by molar-refractivity contribution is 5.71. The Kier molecular flexibility index (Phi) is 5.87. The van der Waals surface area contributed by atoms with Crippen molar-refractivity contribution in [1.29, 1.82) is 0 Å². The van der Waals surface area contributed by atoms with Gasteiger partial charge in [-0.15, -0.1) is 0 Å². The highest BCUT2D eigenvalue weighted by Crippen LogP contribution is 2.42. The molecule has 2 aliphatic heterocycles. The van der Waals surface area contributed by atoms with Crippen LogP contribution in [0.15, 0.2) is 65.7 Å². The molecule has 1 saturated heterocycles. The van der Waals surface area contributed by atoms with Crippen LogP contribution in [-0.2, 0) is 17.7 Å². The lowest BCUT2D eigenvalue weighted by molar-refractivity contribution is 0.122. The molecule has 6 rings (SSSR count). The van der Waals surface area contributed by atoms with E-state index in [9.17, 15) is 4.79 Å². The minimum absolute atomic E-state index is 0.163. The van der Waals surface area contributed by atoms with E-state index in [2.05, 4.69) is 37.3 Å². The Morgan fingerprint density at radius 2 is 1.92 bits per heavy atom. The molecule has 0 radical (unpaired) electrons. The molecule has 8 nitrogen and oxygen atoms in total. The van der Waals surface area contributed by atoms with Gasteiger partial charge in [0.15, 0.2) is 5.75 Å². The molecule has 2 N–H and O–H groups in total. The third-order valence-electron chi connectivity index (χ3n) is 6.57. The summed E-state index contributed by atoms with van der Waals surface area (Å²) in [6.07, 6.45) is 4.39. The molecule has 0 atom stereocenters. The summed E-state index contributed by atoms with van der Waals surface area (Å²) in [5.41, 5.74) is 7.29. The van der Waals surface area contributed by atoms with E-state index in [0.29, 0.717) is 36.9 Å². The van der Waals surface area contributed by atoms with Gasteiger partial charge in [-0.05, 0) is 48.9 Å². The van der Waals surface area contributed by atoms with Crippen molar-refractivity contribution in [2.75, 3.05) is 36.5 Å². The van der Waals surface area contributed by atoms with Gasteiger partial charge >= 0.3 is 0 Å². The lowest BCUT2D eigenvalue weighted by Gasteiger charge is -2.29. The van der Waals surface area contributed by atoms with Crippen molar-refractivity contribution in [2.24, 2.45) is 0 Å². The number of aryl methyl sites for hydroxylation is 1. The fraction of sp³-hybridized carbons (Fsp3) is 0.250. The normalized spacial score (nSPS) is 14.5. The minimum atomic E-state index is -0.163. The van der Waals surface area contributed by atoms with Crippen molar-refractivity contribution in [3.63, 3.8) is 0 Å². The number of aromatic nitrogens is 3. The van der Waals surface area contributed by atoms with Crippen molar-refractivity contribution in [3.05, 3.63) is 93.7 Å². The van der Waals surface area contributed by atoms with Gasteiger partial charge in [-0.3, -0.25) is 14.8 Å². The Hall–Kier alpha value is -4.17. The van der Waals surface area contributed by atoms with Gasteiger partial charge in [0.1, 0.15) is 11.4 Å². The topological polar surface area (TPSA) is 92.4 Å². The molecule has 0 amide bonds. The number of benzene rings is 1. The number of aromatic amines is 1. The van der Waals surface area contributed by atoms with Crippen LogP contribution in [0.4, 0.5) is 11.4 Å². The maximum absolute atomic E-state index is 12.5. The second-order valence-corrected chi connectivity index (χ2v) is 9.13. The predicted octanol–water partition coefficient (Wildman–Crippen LogP) is 4.29. The fourth-order valence-corrected chi connectivity index (χ4v) is 4.64. The number of fused-ring (bicyclic) bond motifs is 2. The lowest BCUT2D eigenvalue weighted by atomic mass is 9.99. The smallest absolute Gasteiger partial charge is 0.250 e. The SMILES string of the molecule is Cc1ccc(CNc2ccc3c(c2)Cc2ccnc(-c4cc(N5CCOCC5)cc(=O)[nH]4)c2O3)cn1. The van der Waals surface area contributed by atoms with E-state index in [1.165, 1.54) is 0 Å². The summed E-state index contributed by atoms with van der Waals surface area (Å²) in [4.78, 5) is 26.6. The number of hydrogen-bond donors (Lipinski definition) is 2. The molecule has 182 valence electrons. The maximum Gasteiger partial charge on any atom is 0.250 e. The van der Waals surface area contributed by atoms with Crippen LogP contribution in [0.5, 0.6) is 11.5 Å². The molecule has 36 heavy (non-hydrogen) atoms. The number of nitrogens with zero attached hydrogens (tertiary/aromatic N) is 3. The Labute approximate surface area is 209 Å². The van der Waals surface area contributed by atoms with Crippen molar-refractivity contribution < 1.29 is 9.47 Å². The Bertz CT molecular complexity index is 1460. The van der Waals surface area contributed by atoms with Crippen molar-refractivity contribution in [2.45, 2.75) is 19.9 Å². The van der Waals surface area contributed by atoms with Crippen LogP contribution in [0.1, 0.15) is 22.4 Å². The molecule has 0 aliphatic carbocycles. The fourth-order valence-electron chi connectivity index (χ4n) is 4.64. The summed E-state index contributed by atoms with van der Waals surface area (Å²) < 4.78 is 11.8. The molecule has 0 bridgehead atoms. The second kappa shape index (κ2) is 9.47. The van der Waals surface area contributed by atoms with E-state index in [1.54, 1.807) is 12.3 Å². The number of pyridine rings is 3. The molecule has 3 aromatic heterocycles. The van der Waals surface area contributed by atoms with Crippen LogP contribution in [0.25, 0.3) is 11.4 Å². The number of rotatable bonds is 5. The standard InChI is InChI=1S/C28H27N5O3/c1-18-2-3-19(16-30-18)17-31-22-4-5-25-21(13-22)12-20-6-7-29-27(28(20)36-25)24-14-23(15-26(34)32-24)33-8-10-35-11-9-33/h2-7,13-16,31H,8-12,17H2,1H3,(H,32,34). The molecule has 1 aromatic carbocycles. The van der Waals surface area contributed by atoms with E-state index in [4.69, 9.17) is 9.47 Å². The quantitative estimate of drug-likeness (QED) is 0.387. The molecule has 0 saturated carbocycles.